The number of pyridine rings is 1. The van der Waals surface area contributed by atoms with E-state index >= 15 is 0 Å². The summed E-state index contributed by atoms with van der Waals surface area (Å²) in [7, 11) is -4.41. The Morgan fingerprint density at radius 3 is 2.13 bits per heavy atom. The van der Waals surface area contributed by atoms with Gasteiger partial charge < -0.3 is 4.90 Å². The molecule has 0 unspecified atom stereocenters. The van der Waals surface area contributed by atoms with Gasteiger partial charge in [0.1, 0.15) is 5.82 Å². The van der Waals surface area contributed by atoms with Crippen molar-refractivity contribution >= 4 is 15.8 Å². The van der Waals surface area contributed by atoms with E-state index in [2.05, 4.69) is 4.98 Å². The minimum Gasteiger partial charge on any atom is -0.355 e. The van der Waals surface area contributed by atoms with Crippen LogP contribution in [0.5, 0.6) is 0 Å². The summed E-state index contributed by atoms with van der Waals surface area (Å²) in [6.45, 7) is 0.222. The standard InChI is InChI=1S/C18H17F6N3O2S/c19-17(20,21)13-6-7-16(25-12-13)26-8-3-9-27(11-10-26)30(28,29)15-5-2-1-4-14(15)18(22,23)24/h1-2,4-7,12H,3,8-11H2. The molecule has 3 rings (SSSR count). The van der Waals surface area contributed by atoms with E-state index in [4.69, 9.17) is 0 Å². The second-order valence-electron chi connectivity index (χ2n) is 6.64. The van der Waals surface area contributed by atoms with Crippen LogP contribution in [0.4, 0.5) is 32.2 Å². The third-order valence-corrected chi connectivity index (χ3v) is 6.62. The largest absolute Gasteiger partial charge is 0.417 e. The molecule has 5 nitrogen and oxygen atoms in total. The van der Waals surface area contributed by atoms with Crippen molar-refractivity contribution < 1.29 is 34.8 Å². The number of anilines is 1. The molecule has 0 N–H and O–H groups in total. The lowest BCUT2D eigenvalue weighted by Crippen LogP contribution is -2.36. The van der Waals surface area contributed by atoms with E-state index in [1.807, 2.05) is 0 Å². The van der Waals surface area contributed by atoms with Gasteiger partial charge in [0.15, 0.2) is 0 Å². The fraction of sp³-hybridized carbons (Fsp3) is 0.389. The van der Waals surface area contributed by atoms with Crippen LogP contribution < -0.4 is 4.90 Å². The predicted molar refractivity (Wildman–Crippen MR) is 96.3 cm³/mol. The Balaban J connectivity index is 1.80. The molecule has 1 aliphatic rings. The first kappa shape index (κ1) is 22.3. The zero-order valence-corrected chi connectivity index (χ0v) is 16.2. The summed E-state index contributed by atoms with van der Waals surface area (Å²) < 4.78 is 104. The summed E-state index contributed by atoms with van der Waals surface area (Å²) >= 11 is 0. The van der Waals surface area contributed by atoms with Gasteiger partial charge in [0.2, 0.25) is 10.0 Å². The number of benzene rings is 1. The lowest BCUT2D eigenvalue weighted by atomic mass is 10.2. The van der Waals surface area contributed by atoms with E-state index in [0.717, 1.165) is 22.5 Å². The number of hydrogen-bond donors (Lipinski definition) is 0. The highest BCUT2D eigenvalue weighted by Crippen LogP contribution is 2.35. The average molecular weight is 453 g/mol. The number of aromatic nitrogens is 1. The van der Waals surface area contributed by atoms with E-state index in [1.54, 1.807) is 4.90 Å². The predicted octanol–water partition coefficient (Wildman–Crippen LogP) is 4.02. The van der Waals surface area contributed by atoms with E-state index in [9.17, 15) is 34.8 Å². The maximum Gasteiger partial charge on any atom is 0.417 e. The van der Waals surface area contributed by atoms with E-state index in [1.165, 1.54) is 12.1 Å². The summed E-state index contributed by atoms with van der Waals surface area (Å²) in [4.78, 5) is 4.57. The van der Waals surface area contributed by atoms with Gasteiger partial charge in [-0.2, -0.15) is 30.6 Å². The van der Waals surface area contributed by atoms with Crippen LogP contribution in [0.2, 0.25) is 0 Å². The SMILES string of the molecule is O=S(=O)(c1ccccc1C(F)(F)F)N1CCCN(c2ccc(C(F)(F)F)cn2)CC1. The summed E-state index contributed by atoms with van der Waals surface area (Å²) in [5, 5.41) is 0. The van der Waals surface area contributed by atoms with Crippen molar-refractivity contribution in [3.63, 3.8) is 0 Å². The van der Waals surface area contributed by atoms with Crippen LogP contribution in [0.15, 0.2) is 47.5 Å². The Morgan fingerprint density at radius 2 is 1.53 bits per heavy atom. The Labute approximate surface area is 169 Å². The molecule has 0 radical (unpaired) electrons. The fourth-order valence-electron chi connectivity index (χ4n) is 3.17. The molecule has 2 heterocycles. The molecule has 12 heteroatoms. The van der Waals surface area contributed by atoms with Gasteiger partial charge in [-0.15, -0.1) is 0 Å². The van der Waals surface area contributed by atoms with Crippen molar-refractivity contribution in [1.29, 1.82) is 0 Å². The van der Waals surface area contributed by atoms with Crippen LogP contribution in [0.25, 0.3) is 0 Å². The van der Waals surface area contributed by atoms with Crippen molar-refractivity contribution in [2.45, 2.75) is 23.7 Å². The lowest BCUT2D eigenvalue weighted by molar-refractivity contribution is -0.140. The first-order valence-corrected chi connectivity index (χ1v) is 10.3. The van der Waals surface area contributed by atoms with E-state index in [0.29, 0.717) is 18.8 Å². The molecule has 2 aromatic rings. The van der Waals surface area contributed by atoms with Crippen LogP contribution in [0, 0.1) is 0 Å². The Kier molecular flexibility index (Phi) is 6.01. The van der Waals surface area contributed by atoms with Gasteiger partial charge in [-0.25, -0.2) is 13.4 Å². The lowest BCUT2D eigenvalue weighted by Gasteiger charge is -2.24. The summed E-state index contributed by atoms with van der Waals surface area (Å²) in [6, 6.07) is 6.02. The highest BCUT2D eigenvalue weighted by atomic mass is 32.2. The van der Waals surface area contributed by atoms with Gasteiger partial charge in [0.25, 0.3) is 0 Å². The molecule has 30 heavy (non-hydrogen) atoms. The first-order chi connectivity index (χ1) is 13.9. The quantitative estimate of drug-likeness (QED) is 0.659. The van der Waals surface area contributed by atoms with Crippen LogP contribution in [0.3, 0.4) is 0 Å². The number of halogens is 6. The number of nitrogens with zero attached hydrogens (tertiary/aromatic N) is 3. The molecule has 1 aliphatic heterocycles. The molecule has 0 amide bonds. The molecule has 0 aliphatic carbocycles. The minimum absolute atomic E-state index is 0.0222. The average Bonchev–Trinajstić information content (AvgIpc) is 2.93. The Morgan fingerprint density at radius 1 is 0.833 bits per heavy atom. The zero-order valence-electron chi connectivity index (χ0n) is 15.4. The van der Waals surface area contributed by atoms with Crippen LogP contribution in [-0.2, 0) is 22.4 Å². The molecule has 1 saturated heterocycles. The zero-order chi connectivity index (χ0) is 22.2. The van der Waals surface area contributed by atoms with Crippen molar-refractivity contribution in [2.24, 2.45) is 0 Å². The number of sulfonamides is 1. The van der Waals surface area contributed by atoms with Gasteiger partial charge in [0.05, 0.1) is 16.0 Å². The number of rotatable bonds is 3. The van der Waals surface area contributed by atoms with Gasteiger partial charge in [-0.1, -0.05) is 12.1 Å². The third kappa shape index (κ3) is 4.69. The van der Waals surface area contributed by atoms with Crippen molar-refractivity contribution in [3.8, 4) is 0 Å². The van der Waals surface area contributed by atoms with Gasteiger partial charge >= 0.3 is 12.4 Å². The van der Waals surface area contributed by atoms with Crippen LogP contribution in [-0.4, -0.2) is 43.9 Å². The second kappa shape index (κ2) is 8.06. The molecular formula is C18H17F6N3O2S. The fourth-order valence-corrected chi connectivity index (χ4v) is 4.85. The van der Waals surface area contributed by atoms with Crippen molar-refractivity contribution in [2.75, 3.05) is 31.1 Å². The second-order valence-corrected chi connectivity index (χ2v) is 8.55. The summed E-state index contributed by atoms with van der Waals surface area (Å²) in [5.74, 6) is 0.234. The van der Waals surface area contributed by atoms with Gasteiger partial charge in [-0.05, 0) is 30.7 Å². The monoisotopic (exact) mass is 453 g/mol. The first-order valence-electron chi connectivity index (χ1n) is 8.85. The maximum absolute atomic E-state index is 13.2. The molecule has 1 aromatic heterocycles. The molecule has 0 saturated carbocycles. The number of hydrogen-bond acceptors (Lipinski definition) is 4. The molecular weight excluding hydrogens is 436 g/mol. The molecule has 0 spiro atoms. The highest BCUT2D eigenvalue weighted by Gasteiger charge is 2.39. The minimum atomic E-state index is -4.83. The van der Waals surface area contributed by atoms with Crippen LogP contribution in [0.1, 0.15) is 17.5 Å². The van der Waals surface area contributed by atoms with Crippen LogP contribution >= 0.6 is 0 Å². The molecule has 0 atom stereocenters. The van der Waals surface area contributed by atoms with E-state index < -0.39 is 38.4 Å². The molecule has 164 valence electrons. The molecule has 0 bridgehead atoms. The Bertz CT molecular complexity index is 990. The topological polar surface area (TPSA) is 53.5 Å². The maximum atomic E-state index is 13.2. The normalized spacial score (nSPS) is 17.1. The number of alkyl halides is 6. The third-order valence-electron chi connectivity index (χ3n) is 4.66. The molecule has 1 aromatic carbocycles. The summed E-state index contributed by atoms with van der Waals surface area (Å²) in [5.41, 5.74) is -2.15. The summed E-state index contributed by atoms with van der Waals surface area (Å²) in [6.07, 6.45) is -8.39. The van der Waals surface area contributed by atoms with E-state index in [-0.39, 0.29) is 31.9 Å². The Hall–Kier alpha value is -2.34. The van der Waals surface area contributed by atoms with Crippen molar-refractivity contribution in [1.82, 2.24) is 9.29 Å². The molecule has 1 fully saturated rings. The smallest absolute Gasteiger partial charge is 0.355 e. The van der Waals surface area contributed by atoms with Gasteiger partial charge in [-0.3, -0.25) is 0 Å². The van der Waals surface area contributed by atoms with Crippen molar-refractivity contribution in [3.05, 3.63) is 53.7 Å². The van der Waals surface area contributed by atoms with Gasteiger partial charge in [0, 0.05) is 32.4 Å². The highest BCUT2D eigenvalue weighted by molar-refractivity contribution is 7.89.